The molecule has 1 aliphatic heterocycles. The standard InChI is InChI=1S/C23H21N7O/c1-30-9-3-4-15(13-30)12-24-23(31)18-6-2-5-16(10-18)21-19-11-17(22-25-14-26-29-22)7-8-20(19)27-28-21/h2-11,14H,12-13H2,1H3,(H,24,31)(H,27,28)(H,25,26,29). The first kappa shape index (κ1) is 18.8. The lowest BCUT2D eigenvalue weighted by atomic mass is 10.0. The second-order valence-electron chi connectivity index (χ2n) is 7.51. The fourth-order valence-electron chi connectivity index (χ4n) is 3.70. The van der Waals surface area contributed by atoms with Gasteiger partial charge in [-0.1, -0.05) is 18.2 Å². The Hall–Kier alpha value is -4.20. The zero-order valence-electron chi connectivity index (χ0n) is 17.0. The molecule has 2 aromatic heterocycles. The zero-order valence-corrected chi connectivity index (χ0v) is 17.0. The number of aromatic nitrogens is 5. The van der Waals surface area contributed by atoms with Crippen LogP contribution in [0.15, 0.2) is 72.7 Å². The molecule has 1 aliphatic rings. The highest BCUT2D eigenvalue weighted by atomic mass is 16.1. The van der Waals surface area contributed by atoms with E-state index in [1.165, 1.54) is 6.33 Å². The normalized spacial score (nSPS) is 13.5. The lowest BCUT2D eigenvalue weighted by Crippen LogP contribution is -2.29. The van der Waals surface area contributed by atoms with Gasteiger partial charge in [0.25, 0.3) is 5.91 Å². The summed E-state index contributed by atoms with van der Waals surface area (Å²) >= 11 is 0. The van der Waals surface area contributed by atoms with E-state index < -0.39 is 0 Å². The molecule has 1 amide bonds. The summed E-state index contributed by atoms with van der Waals surface area (Å²) in [6.45, 7) is 1.33. The summed E-state index contributed by atoms with van der Waals surface area (Å²) in [4.78, 5) is 19.0. The van der Waals surface area contributed by atoms with Crippen molar-refractivity contribution in [1.82, 2.24) is 35.6 Å². The van der Waals surface area contributed by atoms with E-state index in [0.29, 0.717) is 17.9 Å². The average molecular weight is 411 g/mol. The SMILES string of the molecule is CN1C=CC=C(CNC(=O)c2cccc(-c3n[nH]c4ccc(-c5ncn[nH]5)cc34)c2)C1. The molecule has 5 rings (SSSR count). The van der Waals surface area contributed by atoms with Crippen LogP contribution < -0.4 is 5.32 Å². The van der Waals surface area contributed by atoms with Crippen LogP contribution in [0, 0.1) is 0 Å². The minimum absolute atomic E-state index is 0.109. The number of allylic oxidation sites excluding steroid dienone is 2. The number of H-pyrrole nitrogens is 2. The molecule has 31 heavy (non-hydrogen) atoms. The Morgan fingerprint density at radius 3 is 2.94 bits per heavy atom. The monoisotopic (exact) mass is 411 g/mol. The number of likely N-dealkylation sites (N-methyl/N-ethyl adjacent to an activating group) is 1. The Bertz CT molecular complexity index is 1300. The number of carbonyl (C=O) groups is 1. The minimum Gasteiger partial charge on any atom is -0.376 e. The van der Waals surface area contributed by atoms with Crippen LogP contribution in [0.1, 0.15) is 10.4 Å². The number of nitrogens with zero attached hydrogens (tertiary/aromatic N) is 4. The average Bonchev–Trinajstić information content (AvgIpc) is 3.47. The molecule has 0 saturated carbocycles. The van der Waals surface area contributed by atoms with E-state index in [4.69, 9.17) is 0 Å². The van der Waals surface area contributed by atoms with Gasteiger partial charge in [0.05, 0.1) is 11.2 Å². The third-order valence-corrected chi connectivity index (χ3v) is 5.25. The maximum atomic E-state index is 12.7. The molecule has 0 fully saturated rings. The molecule has 8 nitrogen and oxygen atoms in total. The highest BCUT2D eigenvalue weighted by Gasteiger charge is 2.14. The van der Waals surface area contributed by atoms with Gasteiger partial charge in [-0.25, -0.2) is 4.98 Å². The van der Waals surface area contributed by atoms with Crippen LogP contribution in [0.4, 0.5) is 0 Å². The predicted molar refractivity (Wildman–Crippen MR) is 119 cm³/mol. The van der Waals surface area contributed by atoms with Crippen LogP contribution in [0.25, 0.3) is 33.5 Å². The Balaban J connectivity index is 1.40. The van der Waals surface area contributed by atoms with Crippen molar-refractivity contribution < 1.29 is 4.79 Å². The number of hydrogen-bond donors (Lipinski definition) is 3. The summed E-state index contributed by atoms with van der Waals surface area (Å²) in [5.41, 5.74) is 5.24. The van der Waals surface area contributed by atoms with E-state index in [9.17, 15) is 4.79 Å². The van der Waals surface area contributed by atoms with Crippen LogP contribution in [-0.2, 0) is 0 Å². The zero-order chi connectivity index (χ0) is 21.2. The number of rotatable bonds is 5. The molecule has 0 radical (unpaired) electrons. The van der Waals surface area contributed by atoms with Crippen LogP contribution >= 0.6 is 0 Å². The second-order valence-corrected chi connectivity index (χ2v) is 7.51. The van der Waals surface area contributed by atoms with Crippen molar-refractivity contribution in [2.75, 3.05) is 20.1 Å². The number of nitrogens with one attached hydrogen (secondary N) is 3. The highest BCUT2D eigenvalue weighted by Crippen LogP contribution is 2.29. The number of aromatic amines is 2. The predicted octanol–water partition coefficient (Wildman–Crippen LogP) is 3.13. The largest absolute Gasteiger partial charge is 0.376 e. The van der Waals surface area contributed by atoms with E-state index in [1.807, 2.05) is 67.9 Å². The van der Waals surface area contributed by atoms with Gasteiger partial charge in [-0.3, -0.25) is 15.0 Å². The van der Waals surface area contributed by atoms with Crippen molar-refractivity contribution in [3.63, 3.8) is 0 Å². The van der Waals surface area contributed by atoms with Gasteiger partial charge in [0.1, 0.15) is 6.33 Å². The quantitative estimate of drug-likeness (QED) is 0.468. The number of benzene rings is 2. The maximum absolute atomic E-state index is 12.7. The summed E-state index contributed by atoms with van der Waals surface area (Å²) in [6, 6.07) is 13.5. The molecule has 0 saturated heterocycles. The highest BCUT2D eigenvalue weighted by molar-refractivity contribution is 5.99. The Morgan fingerprint density at radius 2 is 2.10 bits per heavy atom. The van der Waals surface area contributed by atoms with E-state index in [2.05, 4.69) is 35.6 Å². The van der Waals surface area contributed by atoms with Gasteiger partial charge >= 0.3 is 0 Å². The lowest BCUT2D eigenvalue weighted by molar-refractivity contribution is 0.0956. The van der Waals surface area contributed by atoms with E-state index in [1.54, 1.807) is 0 Å². The van der Waals surface area contributed by atoms with Gasteiger partial charge in [0, 0.05) is 42.2 Å². The number of hydrogen-bond acceptors (Lipinski definition) is 5. The molecular weight excluding hydrogens is 390 g/mol. The van der Waals surface area contributed by atoms with Crippen molar-refractivity contribution in [2.24, 2.45) is 0 Å². The third kappa shape index (κ3) is 3.83. The topological polar surface area (TPSA) is 103 Å². The van der Waals surface area contributed by atoms with Crippen LogP contribution in [0.3, 0.4) is 0 Å². The number of fused-ring (bicyclic) bond motifs is 1. The molecule has 3 heterocycles. The Labute approximate surface area is 178 Å². The van der Waals surface area contributed by atoms with Crippen molar-refractivity contribution in [3.8, 4) is 22.6 Å². The molecular formula is C23H21N7O. The van der Waals surface area contributed by atoms with Gasteiger partial charge in [-0.05, 0) is 48.2 Å². The van der Waals surface area contributed by atoms with Gasteiger partial charge in [0.2, 0.25) is 0 Å². The molecule has 154 valence electrons. The Kier molecular flexibility index (Phi) is 4.80. The third-order valence-electron chi connectivity index (χ3n) is 5.25. The fraction of sp³-hybridized carbons (Fsp3) is 0.130. The minimum atomic E-state index is -0.109. The smallest absolute Gasteiger partial charge is 0.251 e. The van der Waals surface area contributed by atoms with Crippen molar-refractivity contribution in [2.45, 2.75) is 0 Å². The summed E-state index contributed by atoms with van der Waals surface area (Å²) in [7, 11) is 2.01. The summed E-state index contributed by atoms with van der Waals surface area (Å²) in [5.74, 6) is 0.585. The molecule has 0 aliphatic carbocycles. The molecule has 0 unspecified atom stereocenters. The van der Waals surface area contributed by atoms with Crippen molar-refractivity contribution in [1.29, 1.82) is 0 Å². The fourth-order valence-corrected chi connectivity index (χ4v) is 3.70. The summed E-state index contributed by atoms with van der Waals surface area (Å²) < 4.78 is 0. The molecule has 8 heteroatoms. The molecule has 3 N–H and O–H groups in total. The second kappa shape index (κ2) is 7.91. The molecule has 0 atom stereocenters. The van der Waals surface area contributed by atoms with Gasteiger partial charge in [-0.15, -0.1) is 0 Å². The van der Waals surface area contributed by atoms with Crippen molar-refractivity contribution in [3.05, 3.63) is 78.3 Å². The maximum Gasteiger partial charge on any atom is 0.251 e. The van der Waals surface area contributed by atoms with Crippen LogP contribution in [0.2, 0.25) is 0 Å². The van der Waals surface area contributed by atoms with Crippen LogP contribution in [-0.4, -0.2) is 56.3 Å². The van der Waals surface area contributed by atoms with E-state index in [-0.39, 0.29) is 5.91 Å². The van der Waals surface area contributed by atoms with E-state index in [0.717, 1.165) is 39.8 Å². The van der Waals surface area contributed by atoms with Crippen LogP contribution in [0.5, 0.6) is 0 Å². The Morgan fingerprint density at radius 1 is 1.16 bits per heavy atom. The first-order chi connectivity index (χ1) is 15.2. The van der Waals surface area contributed by atoms with Gasteiger partial charge in [-0.2, -0.15) is 10.2 Å². The lowest BCUT2D eigenvalue weighted by Gasteiger charge is -2.20. The summed E-state index contributed by atoms with van der Waals surface area (Å²) in [6.07, 6.45) is 7.52. The first-order valence-electron chi connectivity index (χ1n) is 9.96. The molecule has 0 spiro atoms. The van der Waals surface area contributed by atoms with E-state index >= 15 is 0 Å². The van der Waals surface area contributed by atoms with Gasteiger partial charge in [0.15, 0.2) is 5.82 Å². The summed E-state index contributed by atoms with van der Waals surface area (Å²) in [5, 5.41) is 18.3. The molecule has 4 aromatic rings. The molecule has 2 aromatic carbocycles. The number of amides is 1. The molecule has 0 bridgehead atoms. The van der Waals surface area contributed by atoms with Gasteiger partial charge < -0.3 is 10.2 Å². The number of carbonyl (C=O) groups excluding carboxylic acids is 1. The first-order valence-corrected chi connectivity index (χ1v) is 9.96. The van der Waals surface area contributed by atoms with Crippen molar-refractivity contribution >= 4 is 16.8 Å².